The van der Waals surface area contributed by atoms with Gasteiger partial charge in [0.05, 0.1) is 17.5 Å². The van der Waals surface area contributed by atoms with E-state index in [0.29, 0.717) is 6.54 Å². The third kappa shape index (κ3) is 2.21. The highest BCUT2D eigenvalue weighted by atomic mass is 32.2. The van der Waals surface area contributed by atoms with Crippen molar-refractivity contribution >= 4 is 11.8 Å². The summed E-state index contributed by atoms with van der Waals surface area (Å²) in [5, 5.41) is 13.9. The van der Waals surface area contributed by atoms with Crippen molar-refractivity contribution < 1.29 is 5.11 Å². The standard InChI is InChI=1S/C11H17N3OS/c1-12-6-8-10-7(4-3-5-9(10)15)13-11(14-8)16-2/h9,12,15H,3-6H2,1-2H3. The average molecular weight is 239 g/mol. The van der Waals surface area contributed by atoms with E-state index in [4.69, 9.17) is 0 Å². The van der Waals surface area contributed by atoms with E-state index in [9.17, 15) is 5.11 Å². The molecule has 0 saturated heterocycles. The average Bonchev–Trinajstić information content (AvgIpc) is 2.29. The number of aryl methyl sites for hydroxylation is 1. The predicted molar refractivity (Wildman–Crippen MR) is 64.5 cm³/mol. The first kappa shape index (κ1) is 11.8. The first-order valence-corrected chi connectivity index (χ1v) is 6.75. The van der Waals surface area contributed by atoms with Crippen molar-refractivity contribution in [2.45, 2.75) is 37.1 Å². The molecule has 0 amide bonds. The van der Waals surface area contributed by atoms with Gasteiger partial charge in [0, 0.05) is 12.1 Å². The molecule has 1 aliphatic rings. The number of rotatable bonds is 3. The quantitative estimate of drug-likeness (QED) is 0.615. The van der Waals surface area contributed by atoms with Gasteiger partial charge in [-0.1, -0.05) is 11.8 Å². The van der Waals surface area contributed by atoms with E-state index in [1.54, 1.807) is 11.8 Å². The van der Waals surface area contributed by atoms with Gasteiger partial charge in [0.1, 0.15) is 0 Å². The minimum Gasteiger partial charge on any atom is -0.388 e. The van der Waals surface area contributed by atoms with Gasteiger partial charge in [0.2, 0.25) is 0 Å². The van der Waals surface area contributed by atoms with Crippen LogP contribution in [0.2, 0.25) is 0 Å². The van der Waals surface area contributed by atoms with E-state index in [1.807, 2.05) is 13.3 Å². The van der Waals surface area contributed by atoms with Crippen molar-refractivity contribution in [2.24, 2.45) is 0 Å². The molecule has 0 fully saturated rings. The van der Waals surface area contributed by atoms with Gasteiger partial charge in [0.25, 0.3) is 0 Å². The number of nitrogens with one attached hydrogen (secondary N) is 1. The van der Waals surface area contributed by atoms with E-state index in [-0.39, 0.29) is 6.10 Å². The zero-order valence-corrected chi connectivity index (χ0v) is 10.5. The van der Waals surface area contributed by atoms with Gasteiger partial charge < -0.3 is 10.4 Å². The van der Waals surface area contributed by atoms with Crippen LogP contribution in [-0.4, -0.2) is 28.4 Å². The maximum Gasteiger partial charge on any atom is 0.187 e. The van der Waals surface area contributed by atoms with E-state index in [1.165, 1.54) is 0 Å². The number of nitrogens with zero attached hydrogens (tertiary/aromatic N) is 2. The summed E-state index contributed by atoms with van der Waals surface area (Å²) >= 11 is 1.55. The van der Waals surface area contributed by atoms with Crippen LogP contribution in [0, 0.1) is 0 Å². The fourth-order valence-corrected chi connectivity index (χ4v) is 2.52. The highest BCUT2D eigenvalue weighted by molar-refractivity contribution is 7.98. The highest BCUT2D eigenvalue weighted by Gasteiger charge is 2.24. The summed E-state index contributed by atoms with van der Waals surface area (Å²) < 4.78 is 0. The fraction of sp³-hybridized carbons (Fsp3) is 0.636. The highest BCUT2D eigenvalue weighted by Crippen LogP contribution is 2.31. The van der Waals surface area contributed by atoms with Crippen molar-refractivity contribution in [3.8, 4) is 0 Å². The third-order valence-corrected chi connectivity index (χ3v) is 3.38. The molecule has 1 heterocycles. The molecule has 0 radical (unpaired) electrons. The van der Waals surface area contributed by atoms with Gasteiger partial charge in [-0.05, 0) is 32.6 Å². The number of hydrogen-bond donors (Lipinski definition) is 2. The Balaban J connectivity index is 2.47. The van der Waals surface area contributed by atoms with Crippen LogP contribution in [0.3, 0.4) is 0 Å². The van der Waals surface area contributed by atoms with Crippen LogP contribution < -0.4 is 5.32 Å². The molecule has 0 bridgehead atoms. The number of hydrogen-bond acceptors (Lipinski definition) is 5. The summed E-state index contributed by atoms with van der Waals surface area (Å²) in [6.45, 7) is 0.690. The lowest BCUT2D eigenvalue weighted by atomic mass is 9.92. The predicted octanol–water partition coefficient (Wildman–Crippen LogP) is 1.29. The van der Waals surface area contributed by atoms with Crippen LogP contribution in [0.4, 0.5) is 0 Å². The molecular formula is C11H17N3OS. The molecule has 1 aliphatic carbocycles. The topological polar surface area (TPSA) is 58.0 Å². The summed E-state index contributed by atoms with van der Waals surface area (Å²) in [6.07, 6.45) is 4.38. The van der Waals surface area contributed by atoms with Gasteiger partial charge >= 0.3 is 0 Å². The maximum absolute atomic E-state index is 10.0. The summed E-state index contributed by atoms with van der Waals surface area (Å²) in [7, 11) is 1.89. The Morgan fingerprint density at radius 3 is 3.00 bits per heavy atom. The molecule has 88 valence electrons. The molecule has 2 rings (SSSR count). The Labute approximate surface area is 99.9 Å². The zero-order chi connectivity index (χ0) is 11.5. The first-order chi connectivity index (χ1) is 7.76. The molecule has 4 nitrogen and oxygen atoms in total. The second kappa shape index (κ2) is 5.12. The molecule has 0 aliphatic heterocycles. The van der Waals surface area contributed by atoms with E-state index in [0.717, 1.165) is 41.4 Å². The minimum absolute atomic E-state index is 0.386. The summed E-state index contributed by atoms with van der Waals surface area (Å²) in [5.74, 6) is 0. The zero-order valence-electron chi connectivity index (χ0n) is 9.66. The van der Waals surface area contributed by atoms with Crippen LogP contribution in [0.15, 0.2) is 5.16 Å². The van der Waals surface area contributed by atoms with Crippen molar-refractivity contribution in [2.75, 3.05) is 13.3 Å². The fourth-order valence-electron chi connectivity index (χ4n) is 2.12. The van der Waals surface area contributed by atoms with Crippen LogP contribution in [0.25, 0.3) is 0 Å². The van der Waals surface area contributed by atoms with Crippen LogP contribution in [-0.2, 0) is 13.0 Å². The Hall–Kier alpha value is -0.650. The van der Waals surface area contributed by atoms with Gasteiger partial charge in [-0.3, -0.25) is 0 Å². The van der Waals surface area contributed by atoms with Crippen molar-refractivity contribution in [1.82, 2.24) is 15.3 Å². The molecule has 1 atom stereocenters. The third-order valence-electron chi connectivity index (χ3n) is 2.83. The number of aliphatic hydroxyl groups is 1. The minimum atomic E-state index is -0.386. The summed E-state index contributed by atoms with van der Waals surface area (Å²) in [5.41, 5.74) is 2.94. The van der Waals surface area contributed by atoms with Crippen LogP contribution >= 0.6 is 11.8 Å². The lowest BCUT2D eigenvalue weighted by molar-refractivity contribution is 0.153. The van der Waals surface area contributed by atoms with Crippen molar-refractivity contribution in [1.29, 1.82) is 0 Å². The number of aromatic nitrogens is 2. The van der Waals surface area contributed by atoms with Gasteiger partial charge in [-0.25, -0.2) is 9.97 Å². The molecule has 1 aromatic heterocycles. The second-order valence-electron chi connectivity index (χ2n) is 3.96. The molecule has 16 heavy (non-hydrogen) atoms. The molecular weight excluding hydrogens is 222 g/mol. The Bertz CT molecular complexity index is 384. The molecule has 1 aromatic rings. The van der Waals surface area contributed by atoms with E-state index in [2.05, 4.69) is 15.3 Å². The second-order valence-corrected chi connectivity index (χ2v) is 4.73. The molecule has 1 unspecified atom stereocenters. The Morgan fingerprint density at radius 2 is 2.31 bits per heavy atom. The lowest BCUT2D eigenvalue weighted by Gasteiger charge is -2.23. The van der Waals surface area contributed by atoms with Gasteiger partial charge in [0.15, 0.2) is 5.16 Å². The summed E-state index contributed by atoms with van der Waals surface area (Å²) in [4.78, 5) is 8.96. The number of aliphatic hydroxyl groups excluding tert-OH is 1. The van der Waals surface area contributed by atoms with E-state index < -0.39 is 0 Å². The number of fused-ring (bicyclic) bond motifs is 1. The van der Waals surface area contributed by atoms with Gasteiger partial charge in [-0.15, -0.1) is 0 Å². The monoisotopic (exact) mass is 239 g/mol. The molecule has 5 heteroatoms. The van der Waals surface area contributed by atoms with Crippen LogP contribution in [0.1, 0.15) is 35.9 Å². The molecule has 0 aromatic carbocycles. The molecule has 0 saturated carbocycles. The largest absolute Gasteiger partial charge is 0.388 e. The molecule has 2 N–H and O–H groups in total. The van der Waals surface area contributed by atoms with Crippen molar-refractivity contribution in [3.05, 3.63) is 17.0 Å². The normalized spacial score (nSPS) is 19.6. The Morgan fingerprint density at radius 1 is 1.50 bits per heavy atom. The number of thioether (sulfide) groups is 1. The Kier molecular flexibility index (Phi) is 3.78. The summed E-state index contributed by atoms with van der Waals surface area (Å²) in [6, 6.07) is 0. The van der Waals surface area contributed by atoms with Gasteiger partial charge in [-0.2, -0.15) is 0 Å². The van der Waals surface area contributed by atoms with E-state index >= 15 is 0 Å². The SMILES string of the molecule is CNCc1nc(SC)nc2c1C(O)CCC2. The van der Waals surface area contributed by atoms with Crippen LogP contribution in [0.5, 0.6) is 0 Å². The lowest BCUT2D eigenvalue weighted by Crippen LogP contribution is -2.19. The maximum atomic E-state index is 10.0. The first-order valence-electron chi connectivity index (χ1n) is 5.52. The molecule has 0 spiro atoms. The smallest absolute Gasteiger partial charge is 0.187 e. The van der Waals surface area contributed by atoms with Crippen molar-refractivity contribution in [3.63, 3.8) is 0 Å².